The van der Waals surface area contributed by atoms with Crippen LogP contribution in [0.2, 0.25) is 5.02 Å². The minimum atomic E-state index is -0.295. The molecular weight excluding hydrogens is 365 g/mol. The van der Waals surface area contributed by atoms with Crippen molar-refractivity contribution in [3.8, 4) is 11.5 Å². The predicted molar refractivity (Wildman–Crippen MR) is 107 cm³/mol. The summed E-state index contributed by atoms with van der Waals surface area (Å²) in [6.07, 6.45) is 1.68. The Kier molecular flexibility index (Phi) is 6.44. The molecule has 3 nitrogen and oxygen atoms in total. The lowest BCUT2D eigenvalue weighted by molar-refractivity contribution is 0.299. The van der Waals surface area contributed by atoms with Crippen LogP contribution in [0.1, 0.15) is 18.1 Å². The molecule has 0 saturated carbocycles. The number of ether oxygens (including phenoxy) is 2. The van der Waals surface area contributed by atoms with E-state index in [0.717, 1.165) is 11.4 Å². The van der Waals surface area contributed by atoms with E-state index in [0.29, 0.717) is 28.5 Å². The van der Waals surface area contributed by atoms with Gasteiger partial charge in [0.2, 0.25) is 0 Å². The summed E-state index contributed by atoms with van der Waals surface area (Å²) in [6.45, 7) is 2.68. The molecule has 5 heteroatoms. The highest BCUT2D eigenvalue weighted by molar-refractivity contribution is 6.30. The Morgan fingerprint density at radius 2 is 1.78 bits per heavy atom. The normalized spacial score (nSPS) is 10.9. The smallest absolute Gasteiger partial charge is 0.129 e. The maximum Gasteiger partial charge on any atom is 0.129 e. The molecule has 0 N–H and O–H groups in total. The molecule has 0 aliphatic heterocycles. The summed E-state index contributed by atoms with van der Waals surface area (Å²) in [6, 6.07) is 19.2. The van der Waals surface area contributed by atoms with Gasteiger partial charge in [0.05, 0.1) is 12.3 Å². The Bertz CT molecular complexity index is 926. The molecule has 0 amide bonds. The molecule has 3 rings (SSSR count). The molecule has 138 valence electrons. The number of aliphatic imine (C=N–C) groups is 1. The molecule has 0 radical (unpaired) electrons. The van der Waals surface area contributed by atoms with Gasteiger partial charge in [-0.2, -0.15) is 0 Å². The van der Waals surface area contributed by atoms with Gasteiger partial charge in [-0.1, -0.05) is 29.8 Å². The predicted octanol–water partition coefficient (Wildman–Crippen LogP) is 6.21. The van der Waals surface area contributed by atoms with Gasteiger partial charge in [0.15, 0.2) is 0 Å². The minimum Gasteiger partial charge on any atom is -0.494 e. The van der Waals surface area contributed by atoms with Crippen molar-refractivity contribution in [2.24, 2.45) is 4.99 Å². The Morgan fingerprint density at radius 1 is 1.00 bits per heavy atom. The molecule has 0 saturated heterocycles. The van der Waals surface area contributed by atoms with Crippen LogP contribution >= 0.6 is 11.6 Å². The summed E-state index contributed by atoms with van der Waals surface area (Å²) in [4.78, 5) is 4.46. The molecule has 0 heterocycles. The van der Waals surface area contributed by atoms with Gasteiger partial charge in [-0.05, 0) is 55.5 Å². The summed E-state index contributed by atoms with van der Waals surface area (Å²) in [5, 5.41) is 0.571. The van der Waals surface area contributed by atoms with Crippen molar-refractivity contribution in [2.45, 2.75) is 13.5 Å². The largest absolute Gasteiger partial charge is 0.494 e. The van der Waals surface area contributed by atoms with Gasteiger partial charge in [0, 0.05) is 22.4 Å². The van der Waals surface area contributed by atoms with Crippen LogP contribution in [0.3, 0.4) is 0 Å². The van der Waals surface area contributed by atoms with Gasteiger partial charge >= 0.3 is 0 Å². The van der Waals surface area contributed by atoms with Crippen molar-refractivity contribution in [3.63, 3.8) is 0 Å². The molecule has 0 aliphatic carbocycles. The van der Waals surface area contributed by atoms with E-state index in [4.69, 9.17) is 21.1 Å². The zero-order valence-electron chi connectivity index (χ0n) is 14.9. The van der Waals surface area contributed by atoms with E-state index in [1.54, 1.807) is 42.6 Å². The first-order chi connectivity index (χ1) is 13.2. The van der Waals surface area contributed by atoms with E-state index < -0.39 is 0 Å². The number of hydrogen-bond donors (Lipinski definition) is 0. The number of hydrogen-bond acceptors (Lipinski definition) is 3. The zero-order chi connectivity index (χ0) is 19.1. The van der Waals surface area contributed by atoms with Crippen molar-refractivity contribution in [2.75, 3.05) is 6.61 Å². The fourth-order valence-corrected chi connectivity index (χ4v) is 2.64. The molecule has 0 aromatic heterocycles. The van der Waals surface area contributed by atoms with Gasteiger partial charge in [0.25, 0.3) is 0 Å². The number of halogens is 2. The minimum absolute atomic E-state index is 0.123. The van der Waals surface area contributed by atoms with Crippen LogP contribution in [0.25, 0.3) is 0 Å². The first-order valence-corrected chi connectivity index (χ1v) is 8.96. The zero-order valence-corrected chi connectivity index (χ0v) is 15.6. The summed E-state index contributed by atoms with van der Waals surface area (Å²) in [7, 11) is 0. The summed E-state index contributed by atoms with van der Waals surface area (Å²) < 4.78 is 25.0. The van der Waals surface area contributed by atoms with Crippen molar-refractivity contribution >= 4 is 23.5 Å². The Balaban J connectivity index is 1.76. The summed E-state index contributed by atoms with van der Waals surface area (Å²) in [5.74, 6) is 1.08. The standard InChI is InChI=1S/C22H19ClFNO2/c1-2-26-20-10-8-19(9-11-20)25-14-17-13-18(23)7-12-22(17)27-15-16-5-3-4-6-21(16)24/h3-14H,2,15H2,1H3. The first-order valence-electron chi connectivity index (χ1n) is 8.58. The van der Waals surface area contributed by atoms with Crippen LogP contribution in [0.5, 0.6) is 11.5 Å². The fourth-order valence-electron chi connectivity index (χ4n) is 2.46. The first kappa shape index (κ1) is 18.9. The van der Waals surface area contributed by atoms with E-state index in [1.165, 1.54) is 6.07 Å². The molecule has 3 aromatic carbocycles. The van der Waals surface area contributed by atoms with E-state index in [2.05, 4.69) is 4.99 Å². The average molecular weight is 384 g/mol. The molecule has 0 aliphatic rings. The highest BCUT2D eigenvalue weighted by Crippen LogP contribution is 2.24. The van der Waals surface area contributed by atoms with Crippen LogP contribution in [-0.2, 0) is 6.61 Å². The van der Waals surface area contributed by atoms with E-state index in [9.17, 15) is 4.39 Å². The molecule has 3 aromatic rings. The number of benzene rings is 3. The Labute approximate surface area is 163 Å². The van der Waals surface area contributed by atoms with Crippen molar-refractivity contribution < 1.29 is 13.9 Å². The van der Waals surface area contributed by atoms with Gasteiger partial charge in [-0.25, -0.2) is 4.39 Å². The highest BCUT2D eigenvalue weighted by Gasteiger charge is 2.06. The monoisotopic (exact) mass is 383 g/mol. The van der Waals surface area contributed by atoms with Crippen LogP contribution in [0, 0.1) is 5.82 Å². The number of rotatable bonds is 7. The van der Waals surface area contributed by atoms with Gasteiger partial charge < -0.3 is 9.47 Å². The van der Waals surface area contributed by atoms with Gasteiger partial charge in [0.1, 0.15) is 23.9 Å². The fraction of sp³-hybridized carbons (Fsp3) is 0.136. The van der Waals surface area contributed by atoms with Gasteiger partial charge in [-0.3, -0.25) is 4.99 Å². The summed E-state index contributed by atoms with van der Waals surface area (Å²) in [5.41, 5.74) is 1.98. The third-order valence-corrected chi connectivity index (χ3v) is 4.05. The molecule has 0 atom stereocenters. The molecule has 0 unspecified atom stereocenters. The molecule has 27 heavy (non-hydrogen) atoms. The molecule has 0 fully saturated rings. The average Bonchev–Trinajstić information content (AvgIpc) is 2.68. The van der Waals surface area contributed by atoms with E-state index >= 15 is 0 Å². The number of nitrogens with zero attached hydrogens (tertiary/aromatic N) is 1. The van der Waals surface area contributed by atoms with Gasteiger partial charge in [-0.15, -0.1) is 0 Å². The molecular formula is C22H19ClFNO2. The quantitative estimate of drug-likeness (QED) is 0.454. The van der Waals surface area contributed by atoms with Crippen LogP contribution in [-0.4, -0.2) is 12.8 Å². The maximum absolute atomic E-state index is 13.8. The lowest BCUT2D eigenvalue weighted by Gasteiger charge is -2.10. The third kappa shape index (κ3) is 5.31. The second-order valence-electron chi connectivity index (χ2n) is 5.75. The van der Waals surface area contributed by atoms with Crippen LogP contribution < -0.4 is 9.47 Å². The van der Waals surface area contributed by atoms with Crippen LogP contribution in [0.15, 0.2) is 71.7 Å². The van der Waals surface area contributed by atoms with Crippen molar-refractivity contribution in [3.05, 3.63) is 88.7 Å². The van der Waals surface area contributed by atoms with Crippen LogP contribution in [0.4, 0.5) is 10.1 Å². The molecule has 0 bridgehead atoms. The highest BCUT2D eigenvalue weighted by atomic mass is 35.5. The Hall–Kier alpha value is -2.85. The van der Waals surface area contributed by atoms with Crippen molar-refractivity contribution in [1.29, 1.82) is 0 Å². The Morgan fingerprint density at radius 3 is 2.52 bits per heavy atom. The summed E-state index contributed by atoms with van der Waals surface area (Å²) >= 11 is 6.10. The van der Waals surface area contributed by atoms with E-state index in [1.807, 2.05) is 31.2 Å². The van der Waals surface area contributed by atoms with Crippen molar-refractivity contribution in [1.82, 2.24) is 0 Å². The second kappa shape index (κ2) is 9.19. The maximum atomic E-state index is 13.8. The van der Waals surface area contributed by atoms with E-state index in [-0.39, 0.29) is 12.4 Å². The lowest BCUT2D eigenvalue weighted by Crippen LogP contribution is -2.00. The topological polar surface area (TPSA) is 30.8 Å². The second-order valence-corrected chi connectivity index (χ2v) is 6.18. The molecule has 0 spiro atoms. The lowest BCUT2D eigenvalue weighted by atomic mass is 10.2. The SMILES string of the molecule is CCOc1ccc(N=Cc2cc(Cl)ccc2OCc2ccccc2F)cc1. The third-order valence-electron chi connectivity index (χ3n) is 3.81.